The molecule has 0 aliphatic carbocycles. The predicted molar refractivity (Wildman–Crippen MR) is 192 cm³/mol. The number of ether oxygens (including phenoxy) is 2. The summed E-state index contributed by atoms with van der Waals surface area (Å²) in [5.74, 6) is 1.37. The Kier molecular flexibility index (Phi) is 8.46. The van der Waals surface area contributed by atoms with Crippen LogP contribution in [0.1, 0.15) is 36.8 Å². The lowest BCUT2D eigenvalue weighted by Crippen LogP contribution is -2.66. The zero-order chi connectivity index (χ0) is 34.6. The van der Waals surface area contributed by atoms with E-state index in [9.17, 15) is 9.59 Å². The van der Waals surface area contributed by atoms with Gasteiger partial charge in [-0.15, -0.1) is 0 Å². The normalized spacial score (nSPS) is 19.3. The van der Waals surface area contributed by atoms with Crippen molar-refractivity contribution in [3.05, 3.63) is 81.8 Å². The highest BCUT2D eigenvalue weighted by atomic mass is 35.5. The van der Waals surface area contributed by atoms with Crippen LogP contribution in [0.4, 0.5) is 0 Å². The van der Waals surface area contributed by atoms with Crippen molar-refractivity contribution in [1.29, 1.82) is 0 Å². The van der Waals surface area contributed by atoms with Crippen molar-refractivity contribution in [1.82, 2.24) is 30.4 Å². The zero-order valence-electron chi connectivity index (χ0n) is 28.0. The molecular formula is C38H38Cl2N6O4. The highest BCUT2D eigenvalue weighted by molar-refractivity contribution is 6.39. The Labute approximate surface area is 301 Å². The third-order valence-electron chi connectivity index (χ3n) is 10.5. The van der Waals surface area contributed by atoms with Crippen molar-refractivity contribution < 1.29 is 19.1 Å². The summed E-state index contributed by atoms with van der Waals surface area (Å²) in [4.78, 5) is 37.8. The Morgan fingerprint density at radius 1 is 0.640 bits per heavy atom. The second-order valence-corrected chi connectivity index (χ2v) is 14.8. The number of nitrogens with zero attached hydrogens (tertiary/aromatic N) is 4. The first kappa shape index (κ1) is 33.0. The van der Waals surface area contributed by atoms with E-state index in [1.54, 1.807) is 14.2 Å². The van der Waals surface area contributed by atoms with E-state index in [4.69, 9.17) is 42.6 Å². The number of carbonyl (C=O) groups is 2. The lowest BCUT2D eigenvalue weighted by Gasteiger charge is -2.48. The number of aromatic nitrogens is 2. The molecule has 4 fully saturated rings. The van der Waals surface area contributed by atoms with Crippen LogP contribution in [0.3, 0.4) is 0 Å². The van der Waals surface area contributed by atoms with Crippen molar-refractivity contribution in [2.24, 2.45) is 0 Å². The summed E-state index contributed by atoms with van der Waals surface area (Å²) >= 11 is 14.2. The van der Waals surface area contributed by atoms with E-state index < -0.39 is 0 Å². The van der Waals surface area contributed by atoms with E-state index in [2.05, 4.69) is 20.4 Å². The number of pyridine rings is 2. The molecule has 0 radical (unpaired) electrons. The minimum Gasteiger partial charge on any atom is -0.481 e. The van der Waals surface area contributed by atoms with Gasteiger partial charge in [-0.05, 0) is 25.0 Å². The van der Waals surface area contributed by atoms with Crippen molar-refractivity contribution in [3.63, 3.8) is 0 Å². The van der Waals surface area contributed by atoms with Gasteiger partial charge in [0.2, 0.25) is 23.6 Å². The van der Waals surface area contributed by atoms with Gasteiger partial charge in [0.05, 0.1) is 46.7 Å². The number of methoxy groups -OCH3 is 2. The molecule has 0 bridgehead atoms. The number of amides is 2. The Morgan fingerprint density at radius 2 is 1.04 bits per heavy atom. The molecule has 258 valence electrons. The molecule has 4 aliphatic rings. The van der Waals surface area contributed by atoms with Gasteiger partial charge in [-0.2, -0.15) is 0 Å². The summed E-state index contributed by atoms with van der Waals surface area (Å²) < 4.78 is 11.5. The van der Waals surface area contributed by atoms with Gasteiger partial charge in [-0.25, -0.2) is 9.97 Å². The number of hydrogen-bond acceptors (Lipinski definition) is 8. The Hall–Kier alpha value is -4.22. The number of carbonyl (C=O) groups excluding carboxylic acids is 2. The van der Waals surface area contributed by atoms with Gasteiger partial charge in [0.15, 0.2) is 0 Å². The molecule has 50 heavy (non-hydrogen) atoms. The maximum absolute atomic E-state index is 11.7. The fraction of sp³-hybridized carbons (Fsp3) is 0.368. The van der Waals surface area contributed by atoms with Crippen LogP contribution in [0.15, 0.2) is 60.7 Å². The number of rotatable bonds is 9. The minimum atomic E-state index is -0.0785. The van der Waals surface area contributed by atoms with Crippen LogP contribution in [-0.2, 0) is 22.7 Å². The van der Waals surface area contributed by atoms with Crippen LogP contribution in [0.2, 0.25) is 10.0 Å². The third-order valence-corrected chi connectivity index (χ3v) is 11.3. The fourth-order valence-electron chi connectivity index (χ4n) is 8.05. The van der Waals surface area contributed by atoms with E-state index in [1.165, 1.54) is 0 Å². The zero-order valence-corrected chi connectivity index (χ0v) is 29.5. The summed E-state index contributed by atoms with van der Waals surface area (Å²) in [6, 6.07) is 19.7. The highest BCUT2D eigenvalue weighted by Gasteiger charge is 2.48. The van der Waals surface area contributed by atoms with Crippen molar-refractivity contribution in [2.45, 2.75) is 49.9 Å². The highest BCUT2D eigenvalue weighted by Crippen LogP contribution is 2.43. The fourth-order valence-corrected chi connectivity index (χ4v) is 8.70. The van der Waals surface area contributed by atoms with Crippen molar-refractivity contribution in [2.75, 3.05) is 40.4 Å². The lowest BCUT2D eigenvalue weighted by molar-refractivity contribution is -0.121. The molecule has 2 N–H and O–H groups in total. The Morgan fingerprint density at radius 3 is 1.40 bits per heavy atom. The van der Waals surface area contributed by atoms with E-state index in [0.29, 0.717) is 59.1 Å². The standard InChI is InChI=1S/C38H38Cl2N6O4/c1-49-35-23(17-45-19-37(20-45)15-13-31(47)43-37)9-11-29(41-35)27-7-3-5-25(33(27)39)26-6-4-8-28(34(26)40)30-12-10-24(36(42-30)50-2)18-46-21-38(22-46)16-14-32(48)44-38/h3-12H,13-22H2,1-2H3,(H,43,47)(H,44,48). The number of nitrogens with one attached hydrogen (secondary N) is 2. The molecule has 0 atom stereocenters. The molecule has 2 aromatic heterocycles. The molecule has 4 saturated heterocycles. The van der Waals surface area contributed by atoms with Gasteiger partial charge in [-0.3, -0.25) is 19.4 Å². The average molecular weight is 714 g/mol. The monoisotopic (exact) mass is 712 g/mol. The molecule has 2 aromatic carbocycles. The third kappa shape index (κ3) is 5.98. The molecule has 6 heterocycles. The van der Waals surface area contributed by atoms with Gasteiger partial charge in [-0.1, -0.05) is 71.7 Å². The summed E-state index contributed by atoms with van der Waals surface area (Å²) in [5, 5.41) is 7.33. The first-order chi connectivity index (χ1) is 24.2. The number of hydrogen-bond donors (Lipinski definition) is 2. The van der Waals surface area contributed by atoms with Crippen molar-refractivity contribution >= 4 is 35.0 Å². The molecular weight excluding hydrogens is 675 g/mol. The molecule has 2 amide bonds. The Balaban J connectivity index is 1.01. The van der Waals surface area contributed by atoms with Crippen LogP contribution in [0.25, 0.3) is 33.6 Å². The van der Waals surface area contributed by atoms with Gasteiger partial charge in [0, 0.05) is 85.5 Å². The van der Waals surface area contributed by atoms with E-state index >= 15 is 0 Å². The number of likely N-dealkylation sites (tertiary alicyclic amines) is 2. The molecule has 10 nitrogen and oxygen atoms in total. The van der Waals surface area contributed by atoms with Gasteiger partial charge < -0.3 is 20.1 Å². The second kappa shape index (κ2) is 12.8. The molecule has 12 heteroatoms. The van der Waals surface area contributed by atoms with E-state index in [-0.39, 0.29) is 22.9 Å². The quantitative estimate of drug-likeness (QED) is 0.227. The number of benzene rings is 2. The smallest absolute Gasteiger partial charge is 0.220 e. The molecule has 2 spiro atoms. The van der Waals surface area contributed by atoms with Crippen LogP contribution in [0, 0.1) is 0 Å². The largest absolute Gasteiger partial charge is 0.481 e. The average Bonchev–Trinajstić information content (AvgIpc) is 3.68. The molecule has 4 aliphatic heterocycles. The van der Waals surface area contributed by atoms with Gasteiger partial charge >= 0.3 is 0 Å². The first-order valence-electron chi connectivity index (χ1n) is 16.9. The maximum atomic E-state index is 11.7. The molecule has 4 aromatic rings. The molecule has 0 unspecified atom stereocenters. The summed E-state index contributed by atoms with van der Waals surface area (Å²) in [5.41, 5.74) is 6.26. The number of halogens is 2. The van der Waals surface area contributed by atoms with Crippen LogP contribution < -0.4 is 20.1 Å². The van der Waals surface area contributed by atoms with Crippen LogP contribution >= 0.6 is 23.2 Å². The maximum Gasteiger partial charge on any atom is 0.220 e. The summed E-state index contributed by atoms with van der Waals surface area (Å²) in [6.07, 6.45) is 2.98. The molecule has 8 rings (SSSR count). The lowest BCUT2D eigenvalue weighted by atomic mass is 9.88. The van der Waals surface area contributed by atoms with Crippen LogP contribution in [0.5, 0.6) is 11.8 Å². The Bertz CT molecular complexity index is 1870. The molecule has 0 saturated carbocycles. The van der Waals surface area contributed by atoms with Crippen molar-refractivity contribution in [3.8, 4) is 45.4 Å². The first-order valence-corrected chi connectivity index (χ1v) is 17.7. The minimum absolute atomic E-state index is 0.0785. The SMILES string of the molecule is COc1nc(-c2cccc(-c3cccc(-c4ccc(CN5CC6(CCC(=O)N6)C5)c(OC)n4)c3Cl)c2Cl)ccc1CN1CC2(CCC(=O)N2)C1. The van der Waals surface area contributed by atoms with E-state index in [0.717, 1.165) is 72.4 Å². The topological polar surface area (TPSA) is 109 Å². The van der Waals surface area contributed by atoms with Gasteiger partial charge in [0.25, 0.3) is 0 Å². The summed E-state index contributed by atoms with van der Waals surface area (Å²) in [7, 11) is 3.25. The van der Waals surface area contributed by atoms with Gasteiger partial charge in [0.1, 0.15) is 0 Å². The summed E-state index contributed by atoms with van der Waals surface area (Å²) in [6.45, 7) is 4.66. The van der Waals surface area contributed by atoms with Crippen LogP contribution in [-0.4, -0.2) is 83.1 Å². The predicted octanol–water partition coefficient (Wildman–Crippen LogP) is 5.73. The second-order valence-electron chi connectivity index (χ2n) is 14.0. The van der Waals surface area contributed by atoms with E-state index in [1.807, 2.05) is 60.7 Å².